The van der Waals surface area contributed by atoms with Crippen LogP contribution in [0.5, 0.6) is 0 Å². The first-order chi connectivity index (χ1) is 9.47. The van der Waals surface area contributed by atoms with Gasteiger partial charge in [-0.2, -0.15) is 0 Å². The number of hydrogen-bond acceptors (Lipinski definition) is 4. The van der Waals surface area contributed by atoms with Crippen LogP contribution in [0.4, 0.5) is 0 Å². The van der Waals surface area contributed by atoms with E-state index in [0.717, 1.165) is 16.7 Å². The van der Waals surface area contributed by atoms with E-state index in [1.807, 2.05) is 39.0 Å². The second-order valence-corrected chi connectivity index (χ2v) is 5.17. The number of aryl methyl sites for hydroxylation is 2. The summed E-state index contributed by atoms with van der Waals surface area (Å²) in [6, 6.07) is 5.99. The SMILES string of the molecule is Cc1cccc(C)c1-c1nnc(CC(C)CC(=O)O)o1. The van der Waals surface area contributed by atoms with Gasteiger partial charge < -0.3 is 9.52 Å². The lowest BCUT2D eigenvalue weighted by Crippen LogP contribution is -2.07. The third kappa shape index (κ3) is 3.23. The topological polar surface area (TPSA) is 76.2 Å². The highest BCUT2D eigenvalue weighted by Gasteiger charge is 2.16. The number of aliphatic carboxylic acids is 1. The monoisotopic (exact) mass is 274 g/mol. The van der Waals surface area contributed by atoms with Crippen LogP contribution in [0.25, 0.3) is 11.5 Å². The quantitative estimate of drug-likeness (QED) is 0.907. The van der Waals surface area contributed by atoms with Crippen LogP contribution in [0.1, 0.15) is 30.4 Å². The van der Waals surface area contributed by atoms with Crippen LogP contribution in [-0.2, 0) is 11.2 Å². The second kappa shape index (κ2) is 5.86. The molecule has 1 aromatic carbocycles. The largest absolute Gasteiger partial charge is 0.481 e. The van der Waals surface area contributed by atoms with Crippen molar-refractivity contribution in [3.05, 3.63) is 35.2 Å². The fourth-order valence-electron chi connectivity index (χ4n) is 2.26. The van der Waals surface area contributed by atoms with Crippen LogP contribution < -0.4 is 0 Å². The Balaban J connectivity index is 2.19. The summed E-state index contributed by atoms with van der Waals surface area (Å²) in [5, 5.41) is 16.8. The lowest BCUT2D eigenvalue weighted by Gasteiger charge is -2.05. The summed E-state index contributed by atoms with van der Waals surface area (Å²) in [6.07, 6.45) is 0.575. The summed E-state index contributed by atoms with van der Waals surface area (Å²) in [5.41, 5.74) is 3.12. The summed E-state index contributed by atoms with van der Waals surface area (Å²) in [5.74, 6) is 0.139. The molecule has 2 aromatic rings. The molecular weight excluding hydrogens is 256 g/mol. The van der Waals surface area contributed by atoms with E-state index in [0.29, 0.717) is 18.2 Å². The highest BCUT2D eigenvalue weighted by Crippen LogP contribution is 2.26. The molecule has 0 radical (unpaired) electrons. The Kier molecular flexibility index (Phi) is 4.17. The molecule has 1 atom stereocenters. The van der Waals surface area contributed by atoms with Crippen LogP contribution in [-0.4, -0.2) is 21.3 Å². The molecule has 0 spiro atoms. The number of rotatable bonds is 5. The highest BCUT2D eigenvalue weighted by molar-refractivity contribution is 5.67. The molecule has 2 rings (SSSR count). The number of carbonyl (C=O) groups is 1. The summed E-state index contributed by atoms with van der Waals surface area (Å²) in [4.78, 5) is 10.6. The first-order valence-corrected chi connectivity index (χ1v) is 6.58. The third-order valence-electron chi connectivity index (χ3n) is 3.21. The van der Waals surface area contributed by atoms with Crippen molar-refractivity contribution in [3.63, 3.8) is 0 Å². The van der Waals surface area contributed by atoms with Gasteiger partial charge in [0, 0.05) is 18.4 Å². The van der Waals surface area contributed by atoms with Crippen molar-refractivity contribution in [1.29, 1.82) is 0 Å². The Morgan fingerprint density at radius 3 is 2.55 bits per heavy atom. The molecule has 5 heteroatoms. The molecule has 106 valence electrons. The first-order valence-electron chi connectivity index (χ1n) is 6.58. The van der Waals surface area contributed by atoms with Gasteiger partial charge in [-0.1, -0.05) is 25.1 Å². The molecule has 5 nitrogen and oxygen atoms in total. The van der Waals surface area contributed by atoms with Crippen LogP contribution >= 0.6 is 0 Å². The van der Waals surface area contributed by atoms with E-state index in [-0.39, 0.29) is 12.3 Å². The van der Waals surface area contributed by atoms with E-state index < -0.39 is 5.97 Å². The lowest BCUT2D eigenvalue weighted by molar-refractivity contribution is -0.137. The average Bonchev–Trinajstić information content (AvgIpc) is 2.75. The van der Waals surface area contributed by atoms with Crippen LogP contribution in [0.2, 0.25) is 0 Å². The maximum Gasteiger partial charge on any atom is 0.303 e. The van der Waals surface area contributed by atoms with Crippen molar-refractivity contribution in [2.24, 2.45) is 5.92 Å². The minimum Gasteiger partial charge on any atom is -0.481 e. The number of benzene rings is 1. The summed E-state index contributed by atoms with van der Waals surface area (Å²) < 4.78 is 5.67. The van der Waals surface area contributed by atoms with E-state index in [1.165, 1.54) is 0 Å². The van der Waals surface area contributed by atoms with Crippen molar-refractivity contribution >= 4 is 5.97 Å². The molecule has 0 fully saturated rings. The molecule has 1 unspecified atom stereocenters. The molecule has 0 aliphatic rings. The predicted octanol–water partition coefficient (Wildman–Crippen LogP) is 3.01. The van der Waals surface area contributed by atoms with Crippen LogP contribution in [0.15, 0.2) is 22.6 Å². The van der Waals surface area contributed by atoms with Crippen LogP contribution in [0.3, 0.4) is 0 Å². The fourth-order valence-corrected chi connectivity index (χ4v) is 2.26. The van der Waals surface area contributed by atoms with Crippen molar-refractivity contribution in [2.75, 3.05) is 0 Å². The van der Waals surface area contributed by atoms with Gasteiger partial charge in [-0.15, -0.1) is 10.2 Å². The third-order valence-corrected chi connectivity index (χ3v) is 3.21. The normalized spacial score (nSPS) is 12.3. The van der Waals surface area contributed by atoms with Gasteiger partial charge in [-0.05, 0) is 30.9 Å². The zero-order valence-corrected chi connectivity index (χ0v) is 11.9. The van der Waals surface area contributed by atoms with Crippen molar-refractivity contribution in [3.8, 4) is 11.5 Å². The van der Waals surface area contributed by atoms with Crippen molar-refractivity contribution in [2.45, 2.75) is 33.6 Å². The minimum atomic E-state index is -0.813. The van der Waals surface area contributed by atoms with E-state index in [4.69, 9.17) is 9.52 Å². The Morgan fingerprint density at radius 2 is 1.95 bits per heavy atom. The zero-order chi connectivity index (χ0) is 14.7. The smallest absolute Gasteiger partial charge is 0.303 e. The average molecular weight is 274 g/mol. The summed E-state index contributed by atoms with van der Waals surface area (Å²) in [6.45, 7) is 5.86. The molecule has 1 N–H and O–H groups in total. The van der Waals surface area contributed by atoms with Gasteiger partial charge in [0.25, 0.3) is 0 Å². The zero-order valence-electron chi connectivity index (χ0n) is 11.9. The van der Waals surface area contributed by atoms with Crippen LogP contribution in [0, 0.1) is 19.8 Å². The number of aromatic nitrogens is 2. The van der Waals surface area contributed by atoms with Gasteiger partial charge in [0.1, 0.15) is 0 Å². The van der Waals surface area contributed by atoms with E-state index in [1.54, 1.807) is 0 Å². The maximum atomic E-state index is 10.6. The predicted molar refractivity (Wildman–Crippen MR) is 74.3 cm³/mol. The van der Waals surface area contributed by atoms with Gasteiger partial charge >= 0.3 is 5.97 Å². The molecule has 0 bridgehead atoms. The number of carboxylic acid groups (broad SMARTS) is 1. The molecule has 1 aromatic heterocycles. The fraction of sp³-hybridized carbons (Fsp3) is 0.400. The van der Waals surface area contributed by atoms with E-state index in [9.17, 15) is 4.79 Å². The lowest BCUT2D eigenvalue weighted by atomic mass is 10.0. The maximum absolute atomic E-state index is 10.6. The number of carboxylic acids is 1. The molecule has 0 amide bonds. The van der Waals surface area contributed by atoms with Gasteiger partial charge in [0.05, 0.1) is 0 Å². The molecule has 1 heterocycles. The summed E-state index contributed by atoms with van der Waals surface area (Å²) >= 11 is 0. The van der Waals surface area contributed by atoms with Gasteiger partial charge in [0.15, 0.2) is 0 Å². The first kappa shape index (κ1) is 14.2. The van der Waals surface area contributed by atoms with Gasteiger partial charge in [-0.3, -0.25) is 4.79 Å². The number of hydrogen-bond donors (Lipinski definition) is 1. The van der Waals surface area contributed by atoms with E-state index >= 15 is 0 Å². The van der Waals surface area contributed by atoms with Gasteiger partial charge in [0.2, 0.25) is 11.8 Å². The molecule has 0 aliphatic carbocycles. The number of nitrogens with zero attached hydrogens (tertiary/aromatic N) is 2. The van der Waals surface area contributed by atoms with E-state index in [2.05, 4.69) is 10.2 Å². The molecule has 0 aliphatic heterocycles. The summed E-state index contributed by atoms with van der Waals surface area (Å²) in [7, 11) is 0. The second-order valence-electron chi connectivity index (χ2n) is 5.17. The molecule has 0 saturated heterocycles. The molecule has 0 saturated carbocycles. The Hall–Kier alpha value is -2.17. The van der Waals surface area contributed by atoms with Crippen molar-refractivity contribution in [1.82, 2.24) is 10.2 Å². The Morgan fingerprint density at radius 1 is 1.30 bits per heavy atom. The van der Waals surface area contributed by atoms with Gasteiger partial charge in [-0.25, -0.2) is 0 Å². The minimum absolute atomic E-state index is 0.0289. The standard InChI is InChI=1S/C15H18N2O3/c1-9(8-13(18)19)7-12-16-17-15(20-12)14-10(2)5-4-6-11(14)3/h4-6,9H,7-8H2,1-3H3,(H,18,19). The molecule has 20 heavy (non-hydrogen) atoms. The molecular formula is C15H18N2O3. The Labute approximate surface area is 117 Å². The van der Waals surface area contributed by atoms with Crippen molar-refractivity contribution < 1.29 is 14.3 Å². The highest BCUT2D eigenvalue weighted by atomic mass is 16.4. The Bertz CT molecular complexity index is 599.